The fourth-order valence-corrected chi connectivity index (χ4v) is 5.27. The number of hydrogen-bond donors (Lipinski definition) is 0. The number of aryl methyl sites for hydroxylation is 1. The number of halogens is 1. The van der Waals surface area contributed by atoms with Gasteiger partial charge in [0.15, 0.2) is 11.4 Å². The summed E-state index contributed by atoms with van der Waals surface area (Å²) in [6, 6.07) is 21.2. The van der Waals surface area contributed by atoms with E-state index in [1.54, 1.807) is 17.0 Å². The number of nitrogens with zero attached hydrogens (tertiary/aromatic N) is 1. The van der Waals surface area contributed by atoms with Gasteiger partial charge in [0.05, 0.1) is 5.69 Å². The number of carbonyl (C=O) groups is 1. The first-order valence-corrected chi connectivity index (χ1v) is 10.2. The van der Waals surface area contributed by atoms with E-state index in [1.165, 1.54) is 5.56 Å². The first-order chi connectivity index (χ1) is 14.2. The molecule has 144 valence electrons. The van der Waals surface area contributed by atoms with Crippen molar-refractivity contribution in [3.8, 4) is 11.5 Å². The molecule has 3 aromatic carbocycles. The summed E-state index contributed by atoms with van der Waals surface area (Å²) in [6.07, 6.45) is 2.35. The minimum absolute atomic E-state index is 0.327. The summed E-state index contributed by atoms with van der Waals surface area (Å²) in [6.45, 7) is 0. The van der Waals surface area contributed by atoms with E-state index in [2.05, 4.69) is 12.1 Å². The molecule has 0 aromatic heterocycles. The second-order valence-electron chi connectivity index (χ2n) is 7.79. The van der Waals surface area contributed by atoms with Crippen LogP contribution in [-0.4, -0.2) is 6.09 Å². The van der Waals surface area contributed by atoms with Crippen LogP contribution in [0.5, 0.6) is 11.5 Å². The third-order valence-electron chi connectivity index (χ3n) is 6.25. The van der Waals surface area contributed by atoms with Crippen LogP contribution in [0, 0.1) is 0 Å². The molecule has 0 bridgehead atoms. The number of anilines is 1. The average Bonchev–Trinajstić information content (AvgIpc) is 2.93. The Morgan fingerprint density at radius 3 is 2.76 bits per heavy atom. The summed E-state index contributed by atoms with van der Waals surface area (Å²) >= 11 is 6.30. The van der Waals surface area contributed by atoms with Crippen LogP contribution in [0.1, 0.15) is 35.6 Å². The molecular formula is C24H18ClNO3. The Hall–Kier alpha value is -2.98. The molecule has 1 spiro atoms. The zero-order valence-electron chi connectivity index (χ0n) is 15.6. The van der Waals surface area contributed by atoms with Crippen LogP contribution in [0.25, 0.3) is 0 Å². The molecule has 3 aliphatic rings. The second kappa shape index (κ2) is 6.01. The number of para-hydroxylation sites is 1. The number of rotatable bonds is 0. The maximum absolute atomic E-state index is 13.3. The van der Waals surface area contributed by atoms with Gasteiger partial charge in [-0.15, -0.1) is 0 Å². The molecule has 2 heterocycles. The smallest absolute Gasteiger partial charge is 0.416 e. The quantitative estimate of drug-likeness (QED) is 0.437. The van der Waals surface area contributed by atoms with Crippen LogP contribution in [0.2, 0.25) is 5.02 Å². The molecule has 2 unspecified atom stereocenters. The molecule has 5 heteroatoms. The normalized spacial score (nSPS) is 24.0. The Balaban J connectivity index is 1.67. The summed E-state index contributed by atoms with van der Waals surface area (Å²) in [5.41, 5.74) is 3.16. The molecular weight excluding hydrogens is 386 g/mol. The highest BCUT2D eigenvalue weighted by molar-refractivity contribution is 6.31. The van der Waals surface area contributed by atoms with Crippen LogP contribution in [0.15, 0.2) is 66.7 Å². The Labute approximate surface area is 173 Å². The Kier molecular flexibility index (Phi) is 3.51. The summed E-state index contributed by atoms with van der Waals surface area (Å²) in [5.74, 6) is 1.34. The van der Waals surface area contributed by atoms with Crippen molar-refractivity contribution in [3.63, 3.8) is 0 Å². The summed E-state index contributed by atoms with van der Waals surface area (Å²) in [4.78, 5) is 15.1. The Morgan fingerprint density at radius 2 is 1.83 bits per heavy atom. The maximum Gasteiger partial charge on any atom is 0.416 e. The highest BCUT2D eigenvalue weighted by Crippen LogP contribution is 2.59. The lowest BCUT2D eigenvalue weighted by Crippen LogP contribution is -2.39. The molecule has 2 atom stereocenters. The van der Waals surface area contributed by atoms with Crippen molar-refractivity contribution in [3.05, 3.63) is 88.4 Å². The third-order valence-corrected chi connectivity index (χ3v) is 6.48. The minimum atomic E-state index is -0.755. The Morgan fingerprint density at radius 1 is 1.00 bits per heavy atom. The topological polar surface area (TPSA) is 38.8 Å². The Bertz CT molecular complexity index is 1160. The molecule has 29 heavy (non-hydrogen) atoms. The van der Waals surface area contributed by atoms with Crippen molar-refractivity contribution in [1.82, 2.24) is 0 Å². The van der Waals surface area contributed by atoms with Gasteiger partial charge >= 0.3 is 6.09 Å². The van der Waals surface area contributed by atoms with Gasteiger partial charge in [-0.2, -0.15) is 0 Å². The fourth-order valence-electron chi connectivity index (χ4n) is 5.10. The SMILES string of the molecule is O=C1OC2(CCCc3ccccc32)C2c3ccccc3Oc3ccc(Cl)cc3N12. The van der Waals surface area contributed by atoms with Gasteiger partial charge < -0.3 is 9.47 Å². The zero-order chi connectivity index (χ0) is 19.6. The monoisotopic (exact) mass is 403 g/mol. The number of benzene rings is 3. The first kappa shape index (κ1) is 16.9. The number of ether oxygens (including phenoxy) is 2. The molecule has 1 saturated heterocycles. The molecule has 1 fully saturated rings. The van der Waals surface area contributed by atoms with E-state index in [9.17, 15) is 4.79 Å². The van der Waals surface area contributed by atoms with Crippen LogP contribution in [0.3, 0.4) is 0 Å². The average molecular weight is 404 g/mol. The van der Waals surface area contributed by atoms with Gasteiger partial charge in [-0.25, -0.2) is 4.79 Å². The van der Waals surface area contributed by atoms with Gasteiger partial charge in [0, 0.05) is 16.1 Å². The fraction of sp³-hybridized carbons (Fsp3) is 0.208. The van der Waals surface area contributed by atoms with Crippen molar-refractivity contribution < 1.29 is 14.3 Å². The van der Waals surface area contributed by atoms with Gasteiger partial charge in [0.25, 0.3) is 0 Å². The van der Waals surface area contributed by atoms with Crippen LogP contribution in [-0.2, 0) is 16.8 Å². The first-order valence-electron chi connectivity index (χ1n) is 9.84. The molecule has 0 radical (unpaired) electrons. The highest BCUT2D eigenvalue weighted by atomic mass is 35.5. The molecule has 4 nitrogen and oxygen atoms in total. The second-order valence-corrected chi connectivity index (χ2v) is 8.23. The van der Waals surface area contributed by atoms with E-state index in [1.807, 2.05) is 42.5 Å². The highest BCUT2D eigenvalue weighted by Gasteiger charge is 2.59. The summed E-state index contributed by atoms with van der Waals surface area (Å²) in [7, 11) is 0. The number of carbonyl (C=O) groups excluding carboxylic acids is 1. The van der Waals surface area contributed by atoms with E-state index in [0.717, 1.165) is 36.1 Å². The lowest BCUT2D eigenvalue weighted by molar-refractivity contribution is 0.0170. The molecule has 0 N–H and O–H groups in total. The summed E-state index contributed by atoms with van der Waals surface area (Å²) in [5, 5.41) is 0.551. The number of hydrogen-bond acceptors (Lipinski definition) is 3. The molecule has 1 aliphatic carbocycles. The molecule has 2 aliphatic heterocycles. The van der Waals surface area contributed by atoms with Crippen LogP contribution >= 0.6 is 11.6 Å². The van der Waals surface area contributed by atoms with Gasteiger partial charge in [-0.1, -0.05) is 54.1 Å². The lowest BCUT2D eigenvalue weighted by atomic mass is 9.72. The zero-order valence-corrected chi connectivity index (χ0v) is 16.4. The van der Waals surface area contributed by atoms with Crippen molar-refractivity contribution in [2.75, 3.05) is 4.90 Å². The van der Waals surface area contributed by atoms with Crippen LogP contribution < -0.4 is 9.64 Å². The van der Waals surface area contributed by atoms with Crippen molar-refractivity contribution in [2.24, 2.45) is 0 Å². The number of fused-ring (bicyclic) bond motifs is 8. The third kappa shape index (κ3) is 2.29. The van der Waals surface area contributed by atoms with Crippen LogP contribution in [0.4, 0.5) is 10.5 Å². The minimum Gasteiger partial charge on any atom is -0.455 e. The van der Waals surface area contributed by atoms with E-state index in [-0.39, 0.29) is 12.1 Å². The van der Waals surface area contributed by atoms with Gasteiger partial charge in [-0.3, -0.25) is 4.90 Å². The van der Waals surface area contributed by atoms with E-state index in [4.69, 9.17) is 21.1 Å². The molecule has 6 rings (SSSR count). The van der Waals surface area contributed by atoms with E-state index in [0.29, 0.717) is 16.5 Å². The lowest BCUT2D eigenvalue weighted by Gasteiger charge is -2.39. The standard InChI is InChI=1S/C24H18ClNO3/c25-16-11-12-21-19(14-16)26-22(17-8-2-4-10-20(17)28-21)24(29-23(26)27)13-5-7-15-6-1-3-9-18(15)24/h1-4,6,8-12,14,22H,5,7,13H2. The largest absolute Gasteiger partial charge is 0.455 e. The van der Waals surface area contributed by atoms with Crippen molar-refractivity contribution in [2.45, 2.75) is 30.9 Å². The molecule has 0 saturated carbocycles. The molecule has 1 amide bonds. The van der Waals surface area contributed by atoms with Crippen molar-refractivity contribution in [1.29, 1.82) is 0 Å². The predicted molar refractivity (Wildman–Crippen MR) is 111 cm³/mol. The van der Waals surface area contributed by atoms with E-state index < -0.39 is 5.60 Å². The summed E-state index contributed by atoms with van der Waals surface area (Å²) < 4.78 is 12.5. The van der Waals surface area contributed by atoms with Crippen molar-refractivity contribution >= 4 is 23.4 Å². The maximum atomic E-state index is 13.3. The van der Waals surface area contributed by atoms with Gasteiger partial charge in [0.2, 0.25) is 0 Å². The predicted octanol–water partition coefficient (Wildman–Crippen LogP) is 6.38. The number of amides is 1. The molecule has 3 aromatic rings. The van der Waals surface area contributed by atoms with Gasteiger partial charge in [-0.05, 0) is 49.1 Å². The van der Waals surface area contributed by atoms with E-state index >= 15 is 0 Å². The van der Waals surface area contributed by atoms with Gasteiger partial charge in [0.1, 0.15) is 11.8 Å².